The molecule has 2 heterocycles. The minimum absolute atomic E-state index is 0.00293. The third-order valence-electron chi connectivity index (χ3n) is 4.17. The van der Waals surface area contributed by atoms with Gasteiger partial charge in [0.2, 0.25) is 0 Å². The maximum absolute atomic E-state index is 12.9. The first-order valence-corrected chi connectivity index (χ1v) is 8.54. The summed E-state index contributed by atoms with van der Waals surface area (Å²) in [5.41, 5.74) is 3.29. The lowest BCUT2D eigenvalue weighted by molar-refractivity contribution is 0.0773. The summed E-state index contributed by atoms with van der Waals surface area (Å²) >= 11 is 0. The van der Waals surface area contributed by atoms with Crippen molar-refractivity contribution in [2.75, 3.05) is 13.1 Å². The van der Waals surface area contributed by atoms with Crippen molar-refractivity contribution in [2.45, 2.75) is 20.4 Å². The molecule has 0 saturated carbocycles. The van der Waals surface area contributed by atoms with E-state index >= 15 is 0 Å². The van der Waals surface area contributed by atoms with Crippen molar-refractivity contribution in [3.05, 3.63) is 72.2 Å². The molecule has 0 fully saturated rings. The molecule has 0 saturated heterocycles. The number of benzene rings is 1. The lowest BCUT2D eigenvalue weighted by Gasteiger charge is -2.18. The fraction of sp³-hybridized carbons (Fsp3) is 0.250. The van der Waals surface area contributed by atoms with E-state index in [9.17, 15) is 4.79 Å². The highest BCUT2D eigenvalue weighted by molar-refractivity contribution is 5.99. The minimum atomic E-state index is 0.00293. The molecule has 128 valence electrons. The summed E-state index contributed by atoms with van der Waals surface area (Å²) in [6.07, 6.45) is 5.31. The summed E-state index contributed by atoms with van der Waals surface area (Å²) < 4.78 is 1.83. The van der Waals surface area contributed by atoms with E-state index < -0.39 is 0 Å². The first-order chi connectivity index (χ1) is 12.2. The second-order valence-corrected chi connectivity index (χ2v) is 5.79. The highest BCUT2D eigenvalue weighted by Crippen LogP contribution is 2.23. The molecule has 2 aromatic heterocycles. The van der Waals surface area contributed by atoms with Crippen LogP contribution in [0.15, 0.2) is 61.1 Å². The van der Waals surface area contributed by atoms with Crippen molar-refractivity contribution < 1.29 is 4.79 Å². The van der Waals surface area contributed by atoms with Gasteiger partial charge in [0, 0.05) is 37.2 Å². The number of amides is 1. The molecular weight excluding hydrogens is 312 g/mol. The van der Waals surface area contributed by atoms with Gasteiger partial charge in [0.15, 0.2) is 0 Å². The lowest BCUT2D eigenvalue weighted by Crippen LogP contribution is -2.30. The largest absolute Gasteiger partial charge is 0.339 e. The van der Waals surface area contributed by atoms with Gasteiger partial charge in [-0.2, -0.15) is 5.10 Å². The number of nitrogens with zero attached hydrogens (tertiary/aromatic N) is 4. The standard InChI is InChI=1S/C20H22N4O/c1-3-23(4-2)20(25)18-15-24(14-16-9-6-5-7-10-16)22-19(18)17-11-8-12-21-13-17/h5-13,15H,3-4,14H2,1-2H3. The molecule has 0 spiro atoms. The van der Waals surface area contributed by atoms with E-state index in [4.69, 9.17) is 0 Å². The van der Waals surface area contributed by atoms with Crippen LogP contribution in [-0.4, -0.2) is 38.7 Å². The van der Waals surface area contributed by atoms with E-state index in [0.29, 0.717) is 30.9 Å². The molecule has 5 nitrogen and oxygen atoms in total. The molecule has 0 atom stereocenters. The Balaban J connectivity index is 2.01. The number of carbonyl (C=O) groups excluding carboxylic acids is 1. The molecule has 25 heavy (non-hydrogen) atoms. The zero-order valence-electron chi connectivity index (χ0n) is 14.6. The van der Waals surface area contributed by atoms with Gasteiger partial charge in [-0.25, -0.2) is 0 Å². The predicted molar refractivity (Wildman–Crippen MR) is 98.3 cm³/mol. The number of hydrogen-bond acceptors (Lipinski definition) is 3. The van der Waals surface area contributed by atoms with Crippen LogP contribution in [0.5, 0.6) is 0 Å². The second-order valence-electron chi connectivity index (χ2n) is 5.79. The Morgan fingerprint density at radius 3 is 2.48 bits per heavy atom. The first-order valence-electron chi connectivity index (χ1n) is 8.54. The Morgan fingerprint density at radius 2 is 1.84 bits per heavy atom. The summed E-state index contributed by atoms with van der Waals surface area (Å²) in [5.74, 6) is 0.00293. The van der Waals surface area contributed by atoms with E-state index in [0.717, 1.165) is 11.1 Å². The number of rotatable bonds is 6. The fourth-order valence-electron chi connectivity index (χ4n) is 2.83. The first kappa shape index (κ1) is 16.9. The van der Waals surface area contributed by atoms with Crippen LogP contribution in [0.3, 0.4) is 0 Å². The Labute approximate surface area is 147 Å². The molecule has 0 aliphatic carbocycles. The van der Waals surface area contributed by atoms with Gasteiger partial charge in [-0.15, -0.1) is 0 Å². The summed E-state index contributed by atoms with van der Waals surface area (Å²) in [7, 11) is 0. The van der Waals surface area contributed by atoms with Gasteiger partial charge in [-0.3, -0.25) is 14.5 Å². The Morgan fingerprint density at radius 1 is 1.08 bits per heavy atom. The van der Waals surface area contributed by atoms with Crippen molar-refractivity contribution in [2.24, 2.45) is 0 Å². The quantitative estimate of drug-likeness (QED) is 0.693. The minimum Gasteiger partial charge on any atom is -0.339 e. The highest BCUT2D eigenvalue weighted by atomic mass is 16.2. The van der Waals surface area contributed by atoms with Crippen LogP contribution in [-0.2, 0) is 6.54 Å². The molecule has 0 aliphatic rings. The number of hydrogen-bond donors (Lipinski definition) is 0. The van der Waals surface area contributed by atoms with Crippen molar-refractivity contribution in [3.8, 4) is 11.3 Å². The molecule has 5 heteroatoms. The van der Waals surface area contributed by atoms with Crippen molar-refractivity contribution >= 4 is 5.91 Å². The van der Waals surface area contributed by atoms with Gasteiger partial charge >= 0.3 is 0 Å². The highest BCUT2D eigenvalue weighted by Gasteiger charge is 2.21. The molecule has 0 unspecified atom stereocenters. The van der Waals surface area contributed by atoms with Crippen molar-refractivity contribution in [1.29, 1.82) is 0 Å². The monoisotopic (exact) mass is 334 g/mol. The molecule has 0 aliphatic heterocycles. The van der Waals surface area contributed by atoms with Crippen LogP contribution in [0.4, 0.5) is 0 Å². The molecule has 3 aromatic rings. The number of pyridine rings is 1. The molecule has 0 N–H and O–H groups in total. The Hall–Kier alpha value is -2.95. The maximum Gasteiger partial charge on any atom is 0.257 e. The zero-order valence-corrected chi connectivity index (χ0v) is 14.6. The van der Waals surface area contributed by atoms with Crippen LogP contribution in [0.25, 0.3) is 11.3 Å². The van der Waals surface area contributed by atoms with E-state index in [-0.39, 0.29) is 5.91 Å². The van der Waals surface area contributed by atoms with Gasteiger partial charge in [0.25, 0.3) is 5.91 Å². The molecule has 1 amide bonds. The Kier molecular flexibility index (Phi) is 5.23. The third kappa shape index (κ3) is 3.76. The molecule has 0 radical (unpaired) electrons. The predicted octanol–water partition coefficient (Wildman–Crippen LogP) is 3.48. The van der Waals surface area contributed by atoms with Crippen LogP contribution in [0.1, 0.15) is 29.8 Å². The maximum atomic E-state index is 12.9. The molecule has 1 aromatic carbocycles. The van der Waals surface area contributed by atoms with Gasteiger partial charge in [-0.1, -0.05) is 30.3 Å². The smallest absolute Gasteiger partial charge is 0.257 e. The van der Waals surface area contributed by atoms with E-state index in [1.165, 1.54) is 0 Å². The van der Waals surface area contributed by atoms with Crippen molar-refractivity contribution in [3.63, 3.8) is 0 Å². The normalized spacial score (nSPS) is 10.6. The van der Waals surface area contributed by atoms with Crippen LogP contribution >= 0.6 is 0 Å². The number of carbonyl (C=O) groups is 1. The van der Waals surface area contributed by atoms with Gasteiger partial charge in [0.1, 0.15) is 5.69 Å². The zero-order chi connectivity index (χ0) is 17.6. The molecule has 3 rings (SSSR count). The third-order valence-corrected chi connectivity index (χ3v) is 4.17. The second kappa shape index (κ2) is 7.75. The number of aromatic nitrogens is 3. The van der Waals surface area contributed by atoms with E-state index in [2.05, 4.69) is 22.2 Å². The Bertz CT molecular complexity index is 823. The summed E-state index contributed by atoms with van der Waals surface area (Å²) in [5, 5.41) is 4.68. The molecular formula is C20H22N4O. The van der Waals surface area contributed by atoms with Gasteiger partial charge in [0.05, 0.1) is 12.1 Å². The SMILES string of the molecule is CCN(CC)C(=O)c1cn(Cc2ccccc2)nc1-c1cccnc1. The van der Waals surface area contributed by atoms with Gasteiger partial charge < -0.3 is 4.90 Å². The lowest BCUT2D eigenvalue weighted by atomic mass is 10.1. The summed E-state index contributed by atoms with van der Waals surface area (Å²) in [6, 6.07) is 13.9. The van der Waals surface area contributed by atoms with E-state index in [1.807, 2.05) is 60.0 Å². The van der Waals surface area contributed by atoms with Crippen LogP contribution in [0.2, 0.25) is 0 Å². The van der Waals surface area contributed by atoms with Crippen LogP contribution in [0, 0.1) is 0 Å². The van der Waals surface area contributed by atoms with E-state index in [1.54, 1.807) is 12.4 Å². The average molecular weight is 334 g/mol. The van der Waals surface area contributed by atoms with Crippen LogP contribution < -0.4 is 0 Å². The molecule has 0 bridgehead atoms. The summed E-state index contributed by atoms with van der Waals surface area (Å²) in [4.78, 5) is 18.9. The average Bonchev–Trinajstić information content (AvgIpc) is 3.08. The van der Waals surface area contributed by atoms with Crippen molar-refractivity contribution in [1.82, 2.24) is 19.7 Å². The fourth-order valence-corrected chi connectivity index (χ4v) is 2.83. The topological polar surface area (TPSA) is 51.0 Å². The van der Waals surface area contributed by atoms with Gasteiger partial charge in [-0.05, 0) is 31.5 Å². The summed E-state index contributed by atoms with van der Waals surface area (Å²) in [6.45, 7) is 5.94.